The maximum Gasteiger partial charge on any atom is 0.253 e. The van der Waals surface area contributed by atoms with Gasteiger partial charge in [0.25, 0.3) is 5.89 Å². The van der Waals surface area contributed by atoms with E-state index in [1.165, 1.54) is 0 Å². The minimum atomic E-state index is 0.128. The molecule has 2 aromatic heterocycles. The molecular formula is C21H26N6O3. The summed E-state index contributed by atoms with van der Waals surface area (Å²) in [6, 6.07) is 9.80. The van der Waals surface area contributed by atoms with Gasteiger partial charge >= 0.3 is 0 Å². The molecule has 3 heterocycles. The fraction of sp³-hybridized carbons (Fsp3) is 0.429. The quantitative estimate of drug-likeness (QED) is 0.609. The molecular weight excluding hydrogens is 384 g/mol. The van der Waals surface area contributed by atoms with Crippen LogP contribution in [-0.4, -0.2) is 82.8 Å². The van der Waals surface area contributed by atoms with E-state index in [4.69, 9.17) is 8.94 Å². The predicted octanol–water partition coefficient (Wildman–Crippen LogP) is 1.91. The largest absolute Gasteiger partial charge is 0.419 e. The normalized spacial score (nSPS) is 15.4. The molecule has 1 aliphatic heterocycles. The van der Waals surface area contributed by atoms with Crippen molar-refractivity contribution in [3.8, 4) is 22.7 Å². The van der Waals surface area contributed by atoms with E-state index in [0.717, 1.165) is 37.3 Å². The number of piperazine rings is 1. The predicted molar refractivity (Wildman–Crippen MR) is 110 cm³/mol. The number of amides is 1. The third-order valence-corrected chi connectivity index (χ3v) is 5.27. The van der Waals surface area contributed by atoms with Crippen LogP contribution in [0.4, 0.5) is 0 Å². The third-order valence-electron chi connectivity index (χ3n) is 5.27. The van der Waals surface area contributed by atoms with Gasteiger partial charge in [-0.25, -0.2) is 0 Å². The zero-order valence-corrected chi connectivity index (χ0v) is 17.5. The van der Waals surface area contributed by atoms with Crippen LogP contribution in [0.3, 0.4) is 0 Å². The van der Waals surface area contributed by atoms with Crippen molar-refractivity contribution in [3.63, 3.8) is 0 Å². The molecule has 0 N–H and O–H groups in total. The molecule has 3 aromatic rings. The molecule has 1 fully saturated rings. The van der Waals surface area contributed by atoms with E-state index in [2.05, 4.69) is 25.2 Å². The summed E-state index contributed by atoms with van der Waals surface area (Å²) >= 11 is 0. The Labute approximate surface area is 175 Å². The number of benzene rings is 1. The Morgan fingerprint density at radius 1 is 1.07 bits per heavy atom. The summed E-state index contributed by atoms with van der Waals surface area (Å²) < 4.78 is 11.4. The van der Waals surface area contributed by atoms with Gasteiger partial charge in [-0.2, -0.15) is 0 Å². The monoisotopic (exact) mass is 410 g/mol. The first kappa shape index (κ1) is 20.2. The number of rotatable bonds is 6. The fourth-order valence-electron chi connectivity index (χ4n) is 3.47. The van der Waals surface area contributed by atoms with Crippen LogP contribution >= 0.6 is 0 Å². The first-order valence-electron chi connectivity index (χ1n) is 10.0. The number of hydrogen-bond acceptors (Lipinski definition) is 8. The van der Waals surface area contributed by atoms with Gasteiger partial charge < -0.3 is 13.8 Å². The van der Waals surface area contributed by atoms with Gasteiger partial charge in [0.05, 0.1) is 13.1 Å². The number of aromatic nitrogens is 3. The summed E-state index contributed by atoms with van der Waals surface area (Å²) in [5.74, 6) is 1.74. The Balaban J connectivity index is 1.41. The summed E-state index contributed by atoms with van der Waals surface area (Å²) in [4.78, 5) is 17.9. The highest BCUT2D eigenvalue weighted by Crippen LogP contribution is 2.33. The number of nitrogens with zero attached hydrogens (tertiary/aromatic N) is 6. The standard InChI is InChI=1S/C21H26N6O3/c1-15-19(20(24-30-15)16-7-5-4-6-8-16)21-23-22-17(29-21)13-26-9-11-27(12-10-26)14-18(28)25(2)3/h4-8H,9-14H2,1-3H3. The highest BCUT2D eigenvalue weighted by Gasteiger charge is 2.24. The van der Waals surface area contributed by atoms with Gasteiger partial charge in [-0.3, -0.25) is 14.6 Å². The number of hydrogen-bond donors (Lipinski definition) is 0. The molecule has 1 amide bonds. The molecule has 0 bridgehead atoms. The summed E-state index contributed by atoms with van der Waals surface area (Å²) in [5, 5.41) is 12.7. The topological polar surface area (TPSA) is 91.7 Å². The summed E-state index contributed by atoms with van der Waals surface area (Å²) in [6.07, 6.45) is 0. The average Bonchev–Trinajstić information content (AvgIpc) is 3.36. The van der Waals surface area contributed by atoms with E-state index in [1.807, 2.05) is 37.3 Å². The second-order valence-electron chi connectivity index (χ2n) is 7.67. The molecule has 4 rings (SSSR count). The molecule has 158 valence electrons. The molecule has 1 aromatic carbocycles. The maximum absolute atomic E-state index is 11.9. The number of aryl methyl sites for hydroxylation is 1. The second-order valence-corrected chi connectivity index (χ2v) is 7.67. The highest BCUT2D eigenvalue weighted by molar-refractivity contribution is 5.78. The molecule has 0 saturated carbocycles. The second kappa shape index (κ2) is 8.76. The molecule has 9 heteroatoms. The van der Waals surface area contributed by atoms with Crippen LogP contribution < -0.4 is 0 Å². The van der Waals surface area contributed by atoms with Gasteiger partial charge in [-0.1, -0.05) is 35.5 Å². The van der Waals surface area contributed by atoms with Crippen LogP contribution in [0, 0.1) is 6.92 Å². The molecule has 0 spiro atoms. The van der Waals surface area contributed by atoms with E-state index < -0.39 is 0 Å². The Morgan fingerprint density at radius 3 is 2.47 bits per heavy atom. The first-order chi connectivity index (χ1) is 14.5. The molecule has 9 nitrogen and oxygen atoms in total. The number of carbonyl (C=O) groups is 1. The first-order valence-corrected chi connectivity index (χ1v) is 10.0. The van der Waals surface area contributed by atoms with Crippen LogP contribution in [0.15, 0.2) is 39.3 Å². The zero-order valence-electron chi connectivity index (χ0n) is 17.5. The molecule has 1 saturated heterocycles. The lowest BCUT2D eigenvalue weighted by atomic mass is 10.1. The minimum Gasteiger partial charge on any atom is -0.419 e. The van der Waals surface area contributed by atoms with Crippen molar-refractivity contribution in [2.45, 2.75) is 13.5 Å². The fourth-order valence-corrected chi connectivity index (χ4v) is 3.47. The van der Waals surface area contributed by atoms with E-state index in [0.29, 0.717) is 36.3 Å². The van der Waals surface area contributed by atoms with Crippen LogP contribution in [0.25, 0.3) is 22.7 Å². The van der Waals surface area contributed by atoms with Gasteiger partial charge in [0.1, 0.15) is 17.0 Å². The van der Waals surface area contributed by atoms with Crippen molar-refractivity contribution in [1.82, 2.24) is 30.1 Å². The molecule has 0 aliphatic carbocycles. The smallest absolute Gasteiger partial charge is 0.253 e. The lowest BCUT2D eigenvalue weighted by molar-refractivity contribution is -0.130. The number of likely N-dealkylation sites (N-methyl/N-ethyl adjacent to an activating group) is 1. The van der Waals surface area contributed by atoms with Crippen LogP contribution in [0.5, 0.6) is 0 Å². The lowest BCUT2D eigenvalue weighted by Crippen LogP contribution is -2.48. The van der Waals surface area contributed by atoms with Gasteiger partial charge in [0.15, 0.2) is 0 Å². The number of carbonyl (C=O) groups excluding carboxylic acids is 1. The van der Waals surface area contributed by atoms with Crippen molar-refractivity contribution in [1.29, 1.82) is 0 Å². The van der Waals surface area contributed by atoms with Crippen molar-refractivity contribution in [3.05, 3.63) is 42.0 Å². The Kier molecular flexibility index (Phi) is 5.91. The average molecular weight is 410 g/mol. The maximum atomic E-state index is 11.9. The van der Waals surface area contributed by atoms with Crippen LogP contribution in [-0.2, 0) is 11.3 Å². The highest BCUT2D eigenvalue weighted by atomic mass is 16.5. The van der Waals surface area contributed by atoms with E-state index >= 15 is 0 Å². The molecule has 0 radical (unpaired) electrons. The van der Waals surface area contributed by atoms with Gasteiger partial charge in [0.2, 0.25) is 11.8 Å². The van der Waals surface area contributed by atoms with Crippen molar-refractivity contribution in [2.24, 2.45) is 0 Å². The summed E-state index contributed by atoms with van der Waals surface area (Å²) in [7, 11) is 3.57. The molecule has 0 unspecified atom stereocenters. The zero-order chi connectivity index (χ0) is 21.1. The summed E-state index contributed by atoms with van der Waals surface area (Å²) in [5.41, 5.74) is 2.36. The van der Waals surface area contributed by atoms with E-state index in [9.17, 15) is 4.79 Å². The Hall–Kier alpha value is -3.04. The SMILES string of the molecule is Cc1onc(-c2ccccc2)c1-c1nnc(CN2CCN(CC(=O)N(C)C)CC2)o1. The minimum absolute atomic E-state index is 0.128. The van der Waals surface area contributed by atoms with Gasteiger partial charge in [0, 0.05) is 45.8 Å². The summed E-state index contributed by atoms with van der Waals surface area (Å²) in [6.45, 7) is 6.24. The molecule has 30 heavy (non-hydrogen) atoms. The van der Waals surface area contributed by atoms with Crippen molar-refractivity contribution >= 4 is 5.91 Å². The molecule has 0 atom stereocenters. The lowest BCUT2D eigenvalue weighted by Gasteiger charge is -2.33. The molecule has 1 aliphatic rings. The van der Waals surface area contributed by atoms with Gasteiger partial charge in [-0.05, 0) is 6.92 Å². The van der Waals surface area contributed by atoms with Crippen molar-refractivity contribution < 1.29 is 13.7 Å². The van der Waals surface area contributed by atoms with Gasteiger partial charge in [-0.15, -0.1) is 10.2 Å². The Morgan fingerprint density at radius 2 is 1.77 bits per heavy atom. The van der Waals surface area contributed by atoms with E-state index in [1.54, 1.807) is 19.0 Å². The third kappa shape index (κ3) is 4.42. The Bertz CT molecular complexity index is 989. The van der Waals surface area contributed by atoms with Crippen LogP contribution in [0.2, 0.25) is 0 Å². The van der Waals surface area contributed by atoms with Crippen LogP contribution in [0.1, 0.15) is 11.7 Å². The van der Waals surface area contributed by atoms with Crippen molar-refractivity contribution in [2.75, 3.05) is 46.8 Å². The van der Waals surface area contributed by atoms with E-state index in [-0.39, 0.29) is 5.91 Å².